The fourth-order valence-corrected chi connectivity index (χ4v) is 3.76. The van der Waals surface area contributed by atoms with Crippen molar-refractivity contribution in [1.29, 1.82) is 0 Å². The minimum absolute atomic E-state index is 0.0241. The van der Waals surface area contributed by atoms with E-state index >= 15 is 0 Å². The molecule has 1 aromatic heterocycles. The number of rotatable bonds is 8. The topological polar surface area (TPSA) is 65.5 Å². The van der Waals surface area contributed by atoms with Crippen LogP contribution >= 0.6 is 11.3 Å². The maximum absolute atomic E-state index is 12.2. The predicted molar refractivity (Wildman–Crippen MR) is 119 cm³/mol. The van der Waals surface area contributed by atoms with Gasteiger partial charge >= 0.3 is 0 Å². The van der Waals surface area contributed by atoms with E-state index in [1.54, 1.807) is 7.05 Å². The van der Waals surface area contributed by atoms with Crippen LogP contribution < -0.4 is 16.0 Å². The predicted octanol–water partition coefficient (Wildman–Crippen LogP) is 3.88. The second-order valence-corrected chi connectivity index (χ2v) is 8.54. The maximum atomic E-state index is 12.2. The van der Waals surface area contributed by atoms with E-state index in [9.17, 15) is 4.79 Å². The summed E-state index contributed by atoms with van der Waals surface area (Å²) in [6.07, 6.45) is 1.89. The minimum Gasteiger partial charge on any atom is -0.354 e. The highest BCUT2D eigenvalue weighted by atomic mass is 32.1. The Hall–Kier alpha value is -2.34. The molecule has 0 aliphatic rings. The molecule has 0 saturated heterocycles. The number of hydrogen-bond acceptors (Lipinski definition) is 3. The van der Waals surface area contributed by atoms with E-state index in [1.165, 1.54) is 9.75 Å². The summed E-state index contributed by atoms with van der Waals surface area (Å²) >= 11 is 1.84. The zero-order valence-electron chi connectivity index (χ0n) is 17.5. The number of nitrogens with one attached hydrogen (secondary N) is 3. The summed E-state index contributed by atoms with van der Waals surface area (Å²) < 4.78 is 0. The van der Waals surface area contributed by atoms with Crippen LogP contribution in [0.15, 0.2) is 41.4 Å². The highest BCUT2D eigenvalue weighted by Crippen LogP contribution is 2.16. The number of thiophene rings is 1. The van der Waals surface area contributed by atoms with Crippen LogP contribution in [0.3, 0.4) is 0 Å². The first kappa shape index (κ1) is 22.0. The lowest BCUT2D eigenvalue weighted by atomic mass is 10.1. The third kappa shape index (κ3) is 7.00. The molecule has 0 bridgehead atoms. The molecule has 152 valence electrons. The lowest BCUT2D eigenvalue weighted by Crippen LogP contribution is -2.42. The van der Waals surface area contributed by atoms with E-state index in [4.69, 9.17) is 0 Å². The first-order valence-electron chi connectivity index (χ1n) is 9.83. The van der Waals surface area contributed by atoms with Gasteiger partial charge in [-0.25, -0.2) is 0 Å². The minimum atomic E-state index is -0.0241. The Morgan fingerprint density at radius 1 is 1.07 bits per heavy atom. The number of aryl methyl sites for hydroxylation is 1. The second-order valence-electron chi connectivity index (χ2n) is 7.17. The lowest BCUT2D eigenvalue weighted by Gasteiger charge is -2.17. The number of amides is 1. The fraction of sp³-hybridized carbons (Fsp3) is 0.455. The smallest absolute Gasteiger partial charge is 0.251 e. The van der Waals surface area contributed by atoms with Crippen molar-refractivity contribution in [3.8, 4) is 0 Å². The Morgan fingerprint density at radius 2 is 1.79 bits per heavy atom. The number of carbonyl (C=O) groups excluding carboxylic acids is 1. The summed E-state index contributed by atoms with van der Waals surface area (Å²) in [4.78, 5) is 19.2. The largest absolute Gasteiger partial charge is 0.354 e. The summed E-state index contributed by atoms with van der Waals surface area (Å²) in [5, 5.41) is 9.76. The molecule has 0 aliphatic heterocycles. The molecule has 1 aromatic carbocycles. The third-order valence-corrected chi connectivity index (χ3v) is 5.60. The Kier molecular flexibility index (Phi) is 8.51. The van der Waals surface area contributed by atoms with Crippen LogP contribution in [0.4, 0.5) is 0 Å². The van der Waals surface area contributed by atoms with Gasteiger partial charge in [0.2, 0.25) is 0 Å². The number of aliphatic imine (C=N–C) groups is 1. The second kappa shape index (κ2) is 10.9. The molecule has 5 nitrogen and oxygen atoms in total. The standard InChI is InChI=1S/C22H32N4OS/c1-6-15(2)25-21(27)19-10-8-18(9-11-19)14-24-22(23-5)26-16(3)13-20-12-7-17(4)28-20/h7-12,15-16H,6,13-14H2,1-5H3,(H,25,27)(H2,23,24,26). The van der Waals surface area contributed by atoms with Crippen molar-refractivity contribution in [2.24, 2.45) is 4.99 Å². The average molecular weight is 401 g/mol. The van der Waals surface area contributed by atoms with Gasteiger partial charge in [0.25, 0.3) is 5.91 Å². The van der Waals surface area contributed by atoms with Crippen LogP contribution in [-0.2, 0) is 13.0 Å². The quantitative estimate of drug-likeness (QED) is 0.465. The van der Waals surface area contributed by atoms with Crippen molar-refractivity contribution in [3.05, 3.63) is 57.3 Å². The van der Waals surface area contributed by atoms with Gasteiger partial charge < -0.3 is 16.0 Å². The van der Waals surface area contributed by atoms with Gasteiger partial charge in [0.05, 0.1) is 0 Å². The van der Waals surface area contributed by atoms with Crippen molar-refractivity contribution in [1.82, 2.24) is 16.0 Å². The third-order valence-electron chi connectivity index (χ3n) is 4.58. The van der Waals surface area contributed by atoms with E-state index < -0.39 is 0 Å². The van der Waals surface area contributed by atoms with Gasteiger partial charge in [0.15, 0.2) is 5.96 Å². The molecule has 2 atom stereocenters. The van der Waals surface area contributed by atoms with Crippen molar-refractivity contribution in [2.75, 3.05) is 7.05 Å². The van der Waals surface area contributed by atoms with Gasteiger partial charge in [0, 0.05) is 47.4 Å². The first-order chi connectivity index (χ1) is 13.4. The Labute approximate surface area is 172 Å². The van der Waals surface area contributed by atoms with Gasteiger partial charge in [-0.1, -0.05) is 19.1 Å². The molecule has 3 N–H and O–H groups in total. The Balaban J connectivity index is 1.83. The van der Waals surface area contributed by atoms with Gasteiger partial charge in [-0.15, -0.1) is 11.3 Å². The molecule has 2 rings (SSSR count). The normalized spacial score (nSPS) is 13.7. The van der Waals surface area contributed by atoms with Crippen LogP contribution in [0.5, 0.6) is 0 Å². The molecule has 2 unspecified atom stereocenters. The van der Waals surface area contributed by atoms with Crippen LogP contribution in [0.2, 0.25) is 0 Å². The van der Waals surface area contributed by atoms with E-state index in [2.05, 4.69) is 53.8 Å². The molecule has 0 saturated carbocycles. The highest BCUT2D eigenvalue weighted by molar-refractivity contribution is 7.11. The van der Waals surface area contributed by atoms with Crippen molar-refractivity contribution in [2.45, 2.75) is 59.2 Å². The molecular weight excluding hydrogens is 368 g/mol. The Bertz CT molecular complexity index is 782. The summed E-state index contributed by atoms with van der Waals surface area (Å²) in [6.45, 7) is 9.01. The zero-order chi connectivity index (χ0) is 20.5. The molecule has 0 fully saturated rings. The highest BCUT2D eigenvalue weighted by Gasteiger charge is 2.10. The molecular formula is C22H32N4OS. The summed E-state index contributed by atoms with van der Waals surface area (Å²) in [7, 11) is 1.78. The fourth-order valence-electron chi connectivity index (χ4n) is 2.74. The monoisotopic (exact) mass is 400 g/mol. The van der Waals surface area contributed by atoms with Crippen LogP contribution in [-0.4, -0.2) is 31.0 Å². The number of nitrogens with zero attached hydrogens (tertiary/aromatic N) is 1. The zero-order valence-corrected chi connectivity index (χ0v) is 18.3. The van der Waals surface area contributed by atoms with E-state index in [0.29, 0.717) is 12.1 Å². The molecule has 2 aromatic rings. The number of guanidine groups is 1. The van der Waals surface area contributed by atoms with E-state index in [0.717, 1.165) is 24.4 Å². The van der Waals surface area contributed by atoms with Gasteiger partial charge in [-0.05, 0) is 57.0 Å². The molecule has 0 spiro atoms. The summed E-state index contributed by atoms with van der Waals surface area (Å²) in [5.41, 5.74) is 1.79. The number of carbonyl (C=O) groups is 1. The van der Waals surface area contributed by atoms with Gasteiger partial charge in [-0.2, -0.15) is 0 Å². The number of hydrogen-bond donors (Lipinski definition) is 3. The van der Waals surface area contributed by atoms with Crippen molar-refractivity contribution < 1.29 is 4.79 Å². The SMILES string of the molecule is CCC(C)NC(=O)c1ccc(CNC(=NC)NC(C)Cc2ccc(C)s2)cc1. The molecule has 1 heterocycles. The van der Waals surface area contributed by atoms with Crippen molar-refractivity contribution in [3.63, 3.8) is 0 Å². The van der Waals surface area contributed by atoms with Gasteiger partial charge in [-0.3, -0.25) is 9.79 Å². The van der Waals surface area contributed by atoms with E-state index in [-0.39, 0.29) is 18.0 Å². The van der Waals surface area contributed by atoms with E-state index in [1.807, 2.05) is 42.5 Å². The molecule has 0 radical (unpaired) electrons. The van der Waals surface area contributed by atoms with Gasteiger partial charge in [0.1, 0.15) is 0 Å². The molecule has 28 heavy (non-hydrogen) atoms. The number of benzene rings is 1. The molecule has 0 aliphatic carbocycles. The molecule has 6 heteroatoms. The summed E-state index contributed by atoms with van der Waals surface area (Å²) in [5.74, 6) is 0.753. The van der Waals surface area contributed by atoms with Crippen LogP contribution in [0, 0.1) is 6.92 Å². The Morgan fingerprint density at radius 3 is 2.36 bits per heavy atom. The first-order valence-corrected chi connectivity index (χ1v) is 10.6. The summed E-state index contributed by atoms with van der Waals surface area (Å²) in [6, 6.07) is 12.5. The van der Waals surface area contributed by atoms with Crippen LogP contribution in [0.1, 0.15) is 52.9 Å². The molecule has 1 amide bonds. The average Bonchev–Trinajstić information content (AvgIpc) is 3.09. The van der Waals surface area contributed by atoms with Crippen molar-refractivity contribution >= 4 is 23.2 Å². The lowest BCUT2D eigenvalue weighted by molar-refractivity contribution is 0.0939. The van der Waals surface area contributed by atoms with Crippen LogP contribution in [0.25, 0.3) is 0 Å². The maximum Gasteiger partial charge on any atom is 0.251 e.